The Kier molecular flexibility index (Phi) is 3.73. The topological polar surface area (TPSA) is 73.5 Å². The predicted molar refractivity (Wildman–Crippen MR) is 90.0 cm³/mol. The Labute approximate surface area is 138 Å². The Morgan fingerprint density at radius 1 is 0.958 bits per heavy atom. The lowest BCUT2D eigenvalue weighted by Gasteiger charge is -2.08. The van der Waals surface area contributed by atoms with Gasteiger partial charge >= 0.3 is 0 Å². The van der Waals surface area contributed by atoms with E-state index in [2.05, 4.69) is 49.6 Å². The minimum atomic E-state index is 0.668. The van der Waals surface area contributed by atoms with Gasteiger partial charge in [0.2, 0.25) is 0 Å². The van der Waals surface area contributed by atoms with Crippen molar-refractivity contribution in [3.05, 3.63) is 79.4 Å². The van der Waals surface area contributed by atoms with Crippen molar-refractivity contribution in [2.45, 2.75) is 6.54 Å². The van der Waals surface area contributed by atoms with Gasteiger partial charge in [-0.05, 0) is 23.8 Å². The minimum Gasteiger partial charge on any atom is -0.365 e. The van der Waals surface area contributed by atoms with Crippen molar-refractivity contribution in [3.8, 4) is 11.5 Å². The molecular weight excluding hydrogens is 302 g/mol. The molecule has 0 spiro atoms. The highest BCUT2D eigenvalue weighted by atomic mass is 15.3. The van der Waals surface area contributed by atoms with Crippen LogP contribution in [0.1, 0.15) is 5.56 Å². The number of rotatable bonds is 5. The van der Waals surface area contributed by atoms with E-state index in [0.717, 1.165) is 11.3 Å². The van der Waals surface area contributed by atoms with Gasteiger partial charge in [0.15, 0.2) is 5.82 Å². The molecule has 0 aliphatic rings. The molecule has 1 aromatic carbocycles. The Bertz CT molecular complexity index is 897. The number of benzene rings is 1. The summed E-state index contributed by atoms with van der Waals surface area (Å²) in [7, 11) is 0. The molecule has 7 heteroatoms. The largest absolute Gasteiger partial charge is 0.365 e. The summed E-state index contributed by atoms with van der Waals surface area (Å²) in [6.07, 6.45) is 12.4. The Hall–Kier alpha value is -3.48. The summed E-state index contributed by atoms with van der Waals surface area (Å²) in [5.74, 6) is 1.39. The first kappa shape index (κ1) is 14.1. The molecule has 0 bridgehead atoms. The first-order valence-corrected chi connectivity index (χ1v) is 7.52. The average molecular weight is 317 g/mol. The van der Waals surface area contributed by atoms with Crippen LogP contribution in [-0.2, 0) is 6.54 Å². The van der Waals surface area contributed by atoms with E-state index < -0.39 is 0 Å². The van der Waals surface area contributed by atoms with E-state index in [1.165, 1.54) is 0 Å². The molecule has 7 nitrogen and oxygen atoms in total. The zero-order chi connectivity index (χ0) is 16.2. The fourth-order valence-electron chi connectivity index (χ4n) is 2.35. The van der Waals surface area contributed by atoms with E-state index >= 15 is 0 Å². The SMILES string of the molecule is c1cnn(-c2cncc(NCc3ccc(-n4ccnc4)cc3)n2)c1. The molecule has 24 heavy (non-hydrogen) atoms. The molecule has 0 saturated carbocycles. The van der Waals surface area contributed by atoms with Gasteiger partial charge in [0.05, 0.1) is 18.7 Å². The highest BCUT2D eigenvalue weighted by Crippen LogP contribution is 2.11. The van der Waals surface area contributed by atoms with Crippen LogP contribution < -0.4 is 5.32 Å². The number of nitrogens with zero attached hydrogens (tertiary/aromatic N) is 6. The van der Waals surface area contributed by atoms with Crippen molar-refractivity contribution in [1.29, 1.82) is 0 Å². The van der Waals surface area contributed by atoms with Crippen molar-refractivity contribution in [3.63, 3.8) is 0 Å². The van der Waals surface area contributed by atoms with E-state index in [-0.39, 0.29) is 0 Å². The maximum atomic E-state index is 4.50. The summed E-state index contributed by atoms with van der Waals surface area (Å²) in [5, 5.41) is 7.44. The Morgan fingerprint density at radius 3 is 2.62 bits per heavy atom. The molecule has 0 unspecified atom stereocenters. The highest BCUT2D eigenvalue weighted by molar-refractivity contribution is 5.39. The standard InChI is InChI=1S/C17H15N7/c1-6-21-24(8-1)17-12-19-11-16(22-17)20-10-14-2-4-15(5-3-14)23-9-7-18-13-23/h1-9,11-13H,10H2,(H,20,22). The molecule has 0 atom stereocenters. The maximum absolute atomic E-state index is 4.50. The number of hydrogen-bond donors (Lipinski definition) is 1. The molecular formula is C17H15N7. The molecule has 3 heterocycles. The monoisotopic (exact) mass is 317 g/mol. The van der Waals surface area contributed by atoms with Crippen LogP contribution in [0.2, 0.25) is 0 Å². The fourth-order valence-corrected chi connectivity index (χ4v) is 2.35. The van der Waals surface area contributed by atoms with E-state index in [0.29, 0.717) is 18.2 Å². The quantitative estimate of drug-likeness (QED) is 0.612. The van der Waals surface area contributed by atoms with E-state index in [1.54, 1.807) is 35.8 Å². The summed E-state index contributed by atoms with van der Waals surface area (Å²) < 4.78 is 3.65. The molecule has 0 amide bonds. The van der Waals surface area contributed by atoms with Crippen molar-refractivity contribution in [2.24, 2.45) is 0 Å². The summed E-state index contributed by atoms with van der Waals surface area (Å²) in [6, 6.07) is 10.1. The van der Waals surface area contributed by atoms with Gasteiger partial charge in [-0.1, -0.05) is 12.1 Å². The van der Waals surface area contributed by atoms with Crippen LogP contribution in [0.25, 0.3) is 11.5 Å². The molecule has 0 aliphatic carbocycles. The molecule has 3 aromatic heterocycles. The van der Waals surface area contributed by atoms with Crippen molar-refractivity contribution in [2.75, 3.05) is 5.32 Å². The summed E-state index contributed by atoms with van der Waals surface area (Å²) in [6.45, 7) is 0.668. The van der Waals surface area contributed by atoms with Gasteiger partial charge < -0.3 is 9.88 Å². The smallest absolute Gasteiger partial charge is 0.173 e. The third kappa shape index (κ3) is 3.00. The molecule has 4 rings (SSSR count). The molecule has 1 N–H and O–H groups in total. The average Bonchev–Trinajstić information content (AvgIpc) is 3.34. The maximum Gasteiger partial charge on any atom is 0.173 e. The Balaban J connectivity index is 1.44. The van der Waals surface area contributed by atoms with Gasteiger partial charge in [-0.3, -0.25) is 4.98 Å². The number of imidazole rings is 1. The van der Waals surface area contributed by atoms with Crippen LogP contribution in [0.15, 0.2) is 73.8 Å². The molecule has 0 radical (unpaired) electrons. The van der Waals surface area contributed by atoms with Gasteiger partial charge in [-0.2, -0.15) is 5.10 Å². The third-order valence-corrected chi connectivity index (χ3v) is 3.57. The first-order valence-electron chi connectivity index (χ1n) is 7.52. The van der Waals surface area contributed by atoms with Crippen LogP contribution in [-0.4, -0.2) is 29.3 Å². The normalized spacial score (nSPS) is 10.7. The highest BCUT2D eigenvalue weighted by Gasteiger charge is 2.02. The van der Waals surface area contributed by atoms with Gasteiger partial charge in [0.25, 0.3) is 0 Å². The lowest BCUT2D eigenvalue weighted by Crippen LogP contribution is -2.05. The number of anilines is 1. The van der Waals surface area contributed by atoms with Crippen LogP contribution in [0.3, 0.4) is 0 Å². The van der Waals surface area contributed by atoms with E-state index in [9.17, 15) is 0 Å². The van der Waals surface area contributed by atoms with Gasteiger partial charge in [-0.15, -0.1) is 0 Å². The first-order chi connectivity index (χ1) is 11.9. The molecule has 0 fully saturated rings. The molecule has 0 aliphatic heterocycles. The van der Waals surface area contributed by atoms with Crippen molar-refractivity contribution >= 4 is 5.82 Å². The van der Waals surface area contributed by atoms with Gasteiger partial charge in [0, 0.05) is 37.0 Å². The lowest BCUT2D eigenvalue weighted by atomic mass is 10.2. The summed E-state index contributed by atoms with van der Waals surface area (Å²) in [5.41, 5.74) is 2.24. The van der Waals surface area contributed by atoms with Crippen LogP contribution in [0, 0.1) is 0 Å². The van der Waals surface area contributed by atoms with E-state index in [1.807, 2.05) is 23.0 Å². The fraction of sp³-hybridized carbons (Fsp3) is 0.0588. The molecule has 118 valence electrons. The molecule has 0 saturated heterocycles. The predicted octanol–water partition coefficient (Wildman–Crippen LogP) is 2.46. The summed E-state index contributed by atoms with van der Waals surface area (Å²) in [4.78, 5) is 12.8. The lowest BCUT2D eigenvalue weighted by molar-refractivity contribution is 0.837. The Morgan fingerprint density at radius 2 is 1.88 bits per heavy atom. The number of hydrogen-bond acceptors (Lipinski definition) is 5. The zero-order valence-electron chi connectivity index (χ0n) is 12.8. The van der Waals surface area contributed by atoms with Crippen LogP contribution in [0.4, 0.5) is 5.82 Å². The third-order valence-electron chi connectivity index (χ3n) is 3.57. The zero-order valence-corrected chi connectivity index (χ0v) is 12.8. The second-order valence-electron chi connectivity index (χ2n) is 5.20. The van der Waals surface area contributed by atoms with Crippen LogP contribution in [0.5, 0.6) is 0 Å². The van der Waals surface area contributed by atoms with Crippen molar-refractivity contribution < 1.29 is 0 Å². The molecule has 4 aromatic rings. The second-order valence-corrected chi connectivity index (χ2v) is 5.20. The van der Waals surface area contributed by atoms with E-state index in [4.69, 9.17) is 0 Å². The van der Waals surface area contributed by atoms with Crippen molar-refractivity contribution in [1.82, 2.24) is 29.3 Å². The van der Waals surface area contributed by atoms with Crippen LogP contribution >= 0.6 is 0 Å². The second kappa shape index (κ2) is 6.33. The number of nitrogens with one attached hydrogen (secondary N) is 1. The van der Waals surface area contributed by atoms with Gasteiger partial charge in [-0.25, -0.2) is 14.6 Å². The van der Waals surface area contributed by atoms with Gasteiger partial charge in [0.1, 0.15) is 5.82 Å². The minimum absolute atomic E-state index is 0.668. The summed E-state index contributed by atoms with van der Waals surface area (Å²) >= 11 is 0. The number of aromatic nitrogens is 6.